The van der Waals surface area contributed by atoms with E-state index in [1.54, 1.807) is 17.0 Å². The number of amides is 1. The van der Waals surface area contributed by atoms with Crippen molar-refractivity contribution in [1.29, 1.82) is 0 Å². The number of carbonyl (C=O) groups is 2. The summed E-state index contributed by atoms with van der Waals surface area (Å²) in [7, 11) is 0. The Morgan fingerprint density at radius 3 is 2.72 bits per heavy atom. The van der Waals surface area contributed by atoms with Crippen molar-refractivity contribution in [3.63, 3.8) is 0 Å². The van der Waals surface area contributed by atoms with Crippen molar-refractivity contribution in [2.75, 3.05) is 19.6 Å². The second-order valence-electron chi connectivity index (χ2n) is 4.53. The number of rotatable bonds is 3. The van der Waals surface area contributed by atoms with Gasteiger partial charge in [0.25, 0.3) is 5.91 Å². The number of hydrogen-bond donors (Lipinski definition) is 2. The van der Waals surface area contributed by atoms with Gasteiger partial charge in [-0.05, 0) is 37.1 Å². The lowest BCUT2D eigenvalue weighted by atomic mass is 10.1. The van der Waals surface area contributed by atoms with Gasteiger partial charge in [0, 0.05) is 18.7 Å². The Hall–Kier alpha value is -1.88. The summed E-state index contributed by atoms with van der Waals surface area (Å²) >= 11 is 0. The highest BCUT2D eigenvalue weighted by molar-refractivity contribution is 5.97. The zero-order valence-corrected chi connectivity index (χ0v) is 10.0. The Morgan fingerprint density at radius 2 is 2.11 bits per heavy atom. The van der Waals surface area contributed by atoms with Crippen molar-refractivity contribution in [2.24, 2.45) is 11.7 Å². The van der Waals surface area contributed by atoms with Gasteiger partial charge < -0.3 is 15.7 Å². The van der Waals surface area contributed by atoms with E-state index in [0.717, 1.165) is 6.42 Å². The molecule has 0 aromatic heterocycles. The first-order valence-corrected chi connectivity index (χ1v) is 5.94. The van der Waals surface area contributed by atoms with Gasteiger partial charge in [0.2, 0.25) is 0 Å². The molecule has 1 heterocycles. The Morgan fingerprint density at radius 1 is 1.39 bits per heavy atom. The summed E-state index contributed by atoms with van der Waals surface area (Å²) in [5.74, 6) is -0.781. The fourth-order valence-corrected chi connectivity index (χ4v) is 2.18. The third-order valence-electron chi connectivity index (χ3n) is 3.26. The van der Waals surface area contributed by atoms with Crippen LogP contribution in [0.1, 0.15) is 27.1 Å². The lowest BCUT2D eigenvalue weighted by Crippen LogP contribution is -2.30. The van der Waals surface area contributed by atoms with Gasteiger partial charge >= 0.3 is 5.97 Å². The standard InChI is InChI=1S/C13H16N2O3/c14-7-9-4-5-15(8-9)12(16)10-2-1-3-11(6-10)13(17)18/h1-3,6,9H,4-5,7-8,14H2,(H,17,18). The molecule has 3 N–H and O–H groups in total. The van der Waals surface area contributed by atoms with Gasteiger partial charge in [-0.15, -0.1) is 0 Å². The molecule has 5 nitrogen and oxygen atoms in total. The van der Waals surface area contributed by atoms with Crippen molar-refractivity contribution < 1.29 is 14.7 Å². The summed E-state index contributed by atoms with van der Waals surface area (Å²) < 4.78 is 0. The minimum atomic E-state index is -1.02. The Balaban J connectivity index is 2.14. The van der Waals surface area contributed by atoms with Gasteiger partial charge in [-0.3, -0.25) is 4.79 Å². The minimum absolute atomic E-state index is 0.117. The van der Waals surface area contributed by atoms with Crippen molar-refractivity contribution >= 4 is 11.9 Å². The Kier molecular flexibility index (Phi) is 3.62. The molecule has 0 bridgehead atoms. The zero-order valence-electron chi connectivity index (χ0n) is 10.0. The Bertz CT molecular complexity index is 473. The van der Waals surface area contributed by atoms with E-state index in [4.69, 9.17) is 10.8 Å². The van der Waals surface area contributed by atoms with Crippen LogP contribution < -0.4 is 5.73 Å². The molecule has 18 heavy (non-hydrogen) atoms. The predicted molar refractivity (Wildman–Crippen MR) is 66.5 cm³/mol. The number of aromatic carboxylic acids is 1. The van der Waals surface area contributed by atoms with E-state index in [-0.39, 0.29) is 11.5 Å². The summed E-state index contributed by atoms with van der Waals surface area (Å²) in [4.78, 5) is 24.8. The monoisotopic (exact) mass is 248 g/mol. The molecule has 1 saturated heterocycles. The van der Waals surface area contributed by atoms with Crippen LogP contribution in [0.5, 0.6) is 0 Å². The fraction of sp³-hybridized carbons (Fsp3) is 0.385. The number of carboxylic acids is 1. The Labute approximate surface area is 105 Å². The van der Waals surface area contributed by atoms with Gasteiger partial charge in [0.1, 0.15) is 0 Å². The van der Waals surface area contributed by atoms with E-state index in [1.807, 2.05) is 0 Å². The topological polar surface area (TPSA) is 83.6 Å². The smallest absolute Gasteiger partial charge is 0.335 e. The maximum absolute atomic E-state index is 12.2. The van der Waals surface area contributed by atoms with Crippen LogP contribution in [0, 0.1) is 5.92 Å². The number of hydrogen-bond acceptors (Lipinski definition) is 3. The van der Waals surface area contributed by atoms with Gasteiger partial charge in [-0.2, -0.15) is 0 Å². The van der Waals surface area contributed by atoms with Gasteiger partial charge in [0.05, 0.1) is 5.56 Å². The molecule has 5 heteroatoms. The molecule has 1 aliphatic heterocycles. The van der Waals surface area contributed by atoms with Crippen molar-refractivity contribution in [1.82, 2.24) is 4.90 Å². The molecule has 0 spiro atoms. The van der Waals surface area contributed by atoms with E-state index < -0.39 is 5.97 Å². The molecule has 1 aromatic carbocycles. The first-order chi connectivity index (χ1) is 8.61. The summed E-state index contributed by atoms with van der Waals surface area (Å²) in [6, 6.07) is 6.13. The van der Waals surface area contributed by atoms with Gasteiger partial charge in [0.15, 0.2) is 0 Å². The van der Waals surface area contributed by atoms with Crippen LogP contribution in [0.25, 0.3) is 0 Å². The second-order valence-corrected chi connectivity index (χ2v) is 4.53. The molecule has 1 amide bonds. The molecule has 1 unspecified atom stereocenters. The van der Waals surface area contributed by atoms with Gasteiger partial charge in [-0.1, -0.05) is 6.07 Å². The van der Waals surface area contributed by atoms with Crippen LogP contribution in [0.3, 0.4) is 0 Å². The highest BCUT2D eigenvalue weighted by Crippen LogP contribution is 2.18. The van der Waals surface area contributed by atoms with Gasteiger partial charge in [-0.25, -0.2) is 4.79 Å². The average Bonchev–Trinajstić information content (AvgIpc) is 2.86. The summed E-state index contributed by atoms with van der Waals surface area (Å²) in [6.45, 7) is 1.93. The molecule has 1 fully saturated rings. The van der Waals surface area contributed by atoms with E-state index in [0.29, 0.717) is 31.1 Å². The van der Waals surface area contributed by atoms with Crippen LogP contribution >= 0.6 is 0 Å². The van der Waals surface area contributed by atoms with Crippen molar-refractivity contribution in [3.05, 3.63) is 35.4 Å². The summed E-state index contributed by atoms with van der Waals surface area (Å²) in [6.07, 6.45) is 0.918. The first-order valence-electron chi connectivity index (χ1n) is 5.94. The fourth-order valence-electron chi connectivity index (χ4n) is 2.18. The highest BCUT2D eigenvalue weighted by atomic mass is 16.4. The quantitative estimate of drug-likeness (QED) is 0.829. The third-order valence-corrected chi connectivity index (χ3v) is 3.26. The maximum atomic E-state index is 12.2. The van der Waals surface area contributed by atoms with Crippen LogP contribution in [-0.4, -0.2) is 41.5 Å². The highest BCUT2D eigenvalue weighted by Gasteiger charge is 2.26. The van der Waals surface area contributed by atoms with Crippen LogP contribution in [0.15, 0.2) is 24.3 Å². The SMILES string of the molecule is NCC1CCN(C(=O)c2cccc(C(=O)O)c2)C1. The molecule has 96 valence electrons. The van der Waals surface area contributed by atoms with Crippen LogP contribution in [0.2, 0.25) is 0 Å². The number of carboxylic acid groups (broad SMARTS) is 1. The predicted octanol–water partition coefficient (Wildman–Crippen LogP) is 0.806. The second kappa shape index (κ2) is 5.18. The van der Waals surface area contributed by atoms with Crippen molar-refractivity contribution in [3.8, 4) is 0 Å². The van der Waals surface area contributed by atoms with Crippen molar-refractivity contribution in [2.45, 2.75) is 6.42 Å². The first kappa shape index (κ1) is 12.6. The molecule has 1 atom stereocenters. The lowest BCUT2D eigenvalue weighted by Gasteiger charge is -2.16. The maximum Gasteiger partial charge on any atom is 0.335 e. The molecular formula is C13H16N2O3. The van der Waals surface area contributed by atoms with E-state index in [9.17, 15) is 9.59 Å². The molecular weight excluding hydrogens is 232 g/mol. The summed E-state index contributed by atoms with van der Waals surface area (Å²) in [5.41, 5.74) is 6.14. The molecule has 0 radical (unpaired) electrons. The number of carbonyl (C=O) groups excluding carboxylic acids is 1. The minimum Gasteiger partial charge on any atom is -0.478 e. The van der Waals surface area contributed by atoms with E-state index >= 15 is 0 Å². The molecule has 1 aliphatic rings. The summed E-state index contributed by atoms with van der Waals surface area (Å²) in [5, 5.41) is 8.90. The largest absolute Gasteiger partial charge is 0.478 e. The molecule has 1 aromatic rings. The van der Waals surface area contributed by atoms with E-state index in [1.165, 1.54) is 12.1 Å². The lowest BCUT2D eigenvalue weighted by molar-refractivity contribution is 0.0697. The number of nitrogens with zero attached hydrogens (tertiary/aromatic N) is 1. The number of benzene rings is 1. The average molecular weight is 248 g/mol. The number of likely N-dealkylation sites (tertiary alicyclic amines) is 1. The van der Waals surface area contributed by atoms with E-state index in [2.05, 4.69) is 0 Å². The van der Waals surface area contributed by atoms with Crippen LogP contribution in [-0.2, 0) is 0 Å². The zero-order chi connectivity index (χ0) is 13.1. The number of nitrogens with two attached hydrogens (primary N) is 1. The molecule has 2 rings (SSSR count). The molecule has 0 aliphatic carbocycles. The normalized spacial score (nSPS) is 18.9. The third kappa shape index (κ3) is 2.51. The van der Waals surface area contributed by atoms with Crippen LogP contribution in [0.4, 0.5) is 0 Å². The molecule has 0 saturated carbocycles.